The molecule has 0 bridgehead atoms. The number of aromatic nitrogens is 1. The maximum Gasteiger partial charge on any atom is 0.319 e. The molecule has 1 aromatic rings. The van der Waals surface area contributed by atoms with Crippen LogP contribution < -0.4 is 0 Å². The zero-order valence-electron chi connectivity index (χ0n) is 11.1. The van der Waals surface area contributed by atoms with Crippen LogP contribution in [-0.4, -0.2) is 46.0 Å². The first-order valence-electron chi connectivity index (χ1n) is 6.13. The van der Waals surface area contributed by atoms with Gasteiger partial charge in [0.05, 0.1) is 17.1 Å². The number of morpholine rings is 1. The first-order valence-corrected chi connectivity index (χ1v) is 6.51. The van der Waals surface area contributed by atoms with Gasteiger partial charge < -0.3 is 9.64 Å². The van der Waals surface area contributed by atoms with Crippen LogP contribution in [0.25, 0.3) is 0 Å². The fourth-order valence-electron chi connectivity index (χ4n) is 2.29. The van der Waals surface area contributed by atoms with Gasteiger partial charge in [-0.15, -0.1) is 0 Å². The van der Waals surface area contributed by atoms with Gasteiger partial charge in [-0.2, -0.15) is 0 Å². The number of amides is 1. The molecule has 7 nitrogen and oxygen atoms in total. The van der Waals surface area contributed by atoms with Gasteiger partial charge in [-0.05, 0) is 19.9 Å². The van der Waals surface area contributed by atoms with E-state index in [1.54, 1.807) is 0 Å². The van der Waals surface area contributed by atoms with Gasteiger partial charge in [-0.1, -0.05) is 11.6 Å². The Hall–Kier alpha value is -1.73. The van der Waals surface area contributed by atoms with Crippen molar-refractivity contribution >= 4 is 23.2 Å². The quantitative estimate of drug-likeness (QED) is 0.473. The third-order valence-electron chi connectivity index (χ3n) is 3.00. The van der Waals surface area contributed by atoms with Crippen molar-refractivity contribution in [1.29, 1.82) is 0 Å². The van der Waals surface area contributed by atoms with Crippen molar-refractivity contribution < 1.29 is 14.5 Å². The highest BCUT2D eigenvalue weighted by atomic mass is 35.5. The second-order valence-electron chi connectivity index (χ2n) is 4.72. The van der Waals surface area contributed by atoms with Crippen molar-refractivity contribution in [2.24, 2.45) is 0 Å². The first-order chi connectivity index (χ1) is 9.40. The molecule has 0 spiro atoms. The van der Waals surface area contributed by atoms with Crippen LogP contribution in [0.2, 0.25) is 5.15 Å². The summed E-state index contributed by atoms with van der Waals surface area (Å²) in [6, 6.07) is 1.32. The molecule has 1 saturated heterocycles. The number of carbonyl (C=O) groups is 1. The average molecular weight is 300 g/mol. The molecule has 1 aliphatic rings. The van der Waals surface area contributed by atoms with Gasteiger partial charge in [0.25, 0.3) is 5.91 Å². The molecule has 2 heterocycles. The van der Waals surface area contributed by atoms with E-state index >= 15 is 0 Å². The second-order valence-corrected chi connectivity index (χ2v) is 5.08. The zero-order chi connectivity index (χ0) is 14.9. The lowest BCUT2D eigenvalue weighted by molar-refractivity contribution is -0.385. The van der Waals surface area contributed by atoms with Gasteiger partial charge in [-0.3, -0.25) is 14.9 Å². The van der Waals surface area contributed by atoms with Crippen molar-refractivity contribution in [3.05, 3.63) is 33.1 Å². The summed E-state index contributed by atoms with van der Waals surface area (Å²) in [5.74, 6) is -0.428. The van der Waals surface area contributed by atoms with Gasteiger partial charge in [0.1, 0.15) is 5.56 Å². The smallest absolute Gasteiger partial charge is 0.319 e. The van der Waals surface area contributed by atoms with E-state index in [2.05, 4.69) is 4.98 Å². The fraction of sp³-hybridized carbons (Fsp3) is 0.500. The average Bonchev–Trinajstić information content (AvgIpc) is 2.35. The highest BCUT2D eigenvalue weighted by Gasteiger charge is 2.32. The van der Waals surface area contributed by atoms with Crippen LogP contribution in [0.4, 0.5) is 5.69 Å². The molecule has 1 fully saturated rings. The Morgan fingerprint density at radius 3 is 2.65 bits per heavy atom. The maximum atomic E-state index is 12.4. The summed E-state index contributed by atoms with van der Waals surface area (Å²) in [6.45, 7) is 4.48. The number of ether oxygens (including phenoxy) is 1. The molecule has 20 heavy (non-hydrogen) atoms. The lowest BCUT2D eigenvalue weighted by atomic mass is 10.1. The molecule has 0 radical (unpaired) electrons. The minimum atomic E-state index is -0.685. The number of halogens is 1. The van der Waals surface area contributed by atoms with Crippen LogP contribution >= 0.6 is 11.6 Å². The Labute approximate surface area is 120 Å². The van der Waals surface area contributed by atoms with Gasteiger partial charge in [-0.25, -0.2) is 4.98 Å². The molecule has 0 aliphatic carbocycles. The normalized spacial score (nSPS) is 22.6. The standard InChI is InChI=1S/C12H14ClN3O4/c1-7-5-15(6-8(2)20-7)12(17)9-3-4-14-11(13)10(9)16(18)19/h3-4,7-8H,5-6H2,1-2H3. The molecular formula is C12H14ClN3O4. The molecule has 2 atom stereocenters. The van der Waals surface area contributed by atoms with E-state index in [1.807, 2.05) is 13.8 Å². The molecule has 1 aliphatic heterocycles. The highest BCUT2D eigenvalue weighted by molar-refractivity contribution is 6.32. The molecule has 2 rings (SSSR count). The van der Waals surface area contributed by atoms with Crippen LogP contribution in [0.3, 0.4) is 0 Å². The van der Waals surface area contributed by atoms with Crippen molar-refractivity contribution in [3.8, 4) is 0 Å². The number of carbonyl (C=O) groups excluding carboxylic acids is 1. The van der Waals surface area contributed by atoms with Gasteiger partial charge >= 0.3 is 5.69 Å². The fourth-order valence-corrected chi connectivity index (χ4v) is 2.52. The molecular weight excluding hydrogens is 286 g/mol. The summed E-state index contributed by atoms with van der Waals surface area (Å²) in [7, 11) is 0. The SMILES string of the molecule is CC1CN(C(=O)c2ccnc(Cl)c2[N+](=O)[O-])CC(C)O1. The van der Waals surface area contributed by atoms with Crippen LogP contribution in [0.15, 0.2) is 12.3 Å². The molecule has 8 heteroatoms. The van der Waals surface area contributed by atoms with Crippen molar-refractivity contribution in [2.75, 3.05) is 13.1 Å². The first kappa shape index (κ1) is 14.7. The number of rotatable bonds is 2. The monoisotopic (exact) mass is 299 g/mol. The lowest BCUT2D eigenvalue weighted by Crippen LogP contribution is -2.48. The number of hydrogen-bond acceptors (Lipinski definition) is 5. The van der Waals surface area contributed by atoms with E-state index in [9.17, 15) is 14.9 Å². The van der Waals surface area contributed by atoms with Crippen molar-refractivity contribution in [2.45, 2.75) is 26.1 Å². The van der Waals surface area contributed by atoms with Crippen LogP contribution in [0, 0.1) is 10.1 Å². The van der Waals surface area contributed by atoms with E-state index < -0.39 is 16.5 Å². The molecule has 0 saturated carbocycles. The minimum Gasteiger partial charge on any atom is -0.372 e. The Balaban J connectivity index is 2.34. The topological polar surface area (TPSA) is 85.6 Å². The summed E-state index contributed by atoms with van der Waals surface area (Å²) < 4.78 is 5.54. The van der Waals surface area contributed by atoms with Crippen molar-refractivity contribution in [3.63, 3.8) is 0 Å². The Bertz CT molecular complexity index is 542. The van der Waals surface area contributed by atoms with E-state index in [-0.39, 0.29) is 22.9 Å². The van der Waals surface area contributed by atoms with E-state index in [0.717, 1.165) is 0 Å². The largest absolute Gasteiger partial charge is 0.372 e. The minimum absolute atomic E-state index is 0.0451. The molecule has 1 aromatic heterocycles. The molecule has 2 unspecified atom stereocenters. The van der Waals surface area contributed by atoms with Gasteiger partial charge in [0, 0.05) is 19.3 Å². The third kappa shape index (κ3) is 2.88. The van der Waals surface area contributed by atoms with E-state index in [0.29, 0.717) is 13.1 Å². The molecule has 1 amide bonds. The Kier molecular flexibility index (Phi) is 4.20. The number of hydrogen-bond donors (Lipinski definition) is 0. The zero-order valence-corrected chi connectivity index (χ0v) is 11.8. The molecule has 0 aromatic carbocycles. The number of pyridine rings is 1. The highest BCUT2D eigenvalue weighted by Crippen LogP contribution is 2.27. The van der Waals surface area contributed by atoms with E-state index in [4.69, 9.17) is 16.3 Å². The predicted octanol–water partition coefficient (Wildman–Crippen LogP) is 1.89. The third-order valence-corrected chi connectivity index (χ3v) is 3.28. The summed E-state index contributed by atoms with van der Waals surface area (Å²) >= 11 is 5.72. The Morgan fingerprint density at radius 1 is 1.50 bits per heavy atom. The van der Waals surface area contributed by atoms with Crippen LogP contribution in [0.5, 0.6) is 0 Å². The summed E-state index contributed by atoms with van der Waals surface area (Å²) in [4.78, 5) is 28.0. The second kappa shape index (κ2) is 5.72. The van der Waals surface area contributed by atoms with E-state index in [1.165, 1.54) is 17.2 Å². The van der Waals surface area contributed by atoms with Crippen LogP contribution in [-0.2, 0) is 4.74 Å². The summed E-state index contributed by atoms with van der Waals surface area (Å²) in [5.41, 5.74) is -0.498. The maximum absolute atomic E-state index is 12.4. The summed E-state index contributed by atoms with van der Waals surface area (Å²) in [6.07, 6.45) is 1.06. The van der Waals surface area contributed by atoms with Crippen molar-refractivity contribution in [1.82, 2.24) is 9.88 Å². The van der Waals surface area contributed by atoms with Crippen LogP contribution in [0.1, 0.15) is 24.2 Å². The lowest BCUT2D eigenvalue weighted by Gasteiger charge is -2.35. The number of nitrogens with zero attached hydrogens (tertiary/aromatic N) is 3. The van der Waals surface area contributed by atoms with Gasteiger partial charge in [0.15, 0.2) is 0 Å². The summed E-state index contributed by atoms with van der Waals surface area (Å²) in [5, 5.41) is 10.8. The molecule has 108 valence electrons. The predicted molar refractivity (Wildman–Crippen MR) is 71.8 cm³/mol. The Morgan fingerprint density at radius 2 is 2.10 bits per heavy atom. The molecule has 0 N–H and O–H groups in total. The number of nitro groups is 1. The van der Waals surface area contributed by atoms with Gasteiger partial charge in [0.2, 0.25) is 5.15 Å².